The van der Waals surface area contributed by atoms with Crippen LogP contribution >= 0.6 is 0 Å². The summed E-state index contributed by atoms with van der Waals surface area (Å²) in [6.07, 6.45) is 1.65. The fourth-order valence-electron chi connectivity index (χ4n) is 2.81. The van der Waals surface area contributed by atoms with Gasteiger partial charge in [0.15, 0.2) is 0 Å². The monoisotopic (exact) mass is 303 g/mol. The first-order chi connectivity index (χ1) is 11.2. The van der Waals surface area contributed by atoms with Crippen molar-refractivity contribution in [3.8, 4) is 5.69 Å². The molecule has 0 aliphatic heterocycles. The van der Waals surface area contributed by atoms with Crippen LogP contribution < -0.4 is 0 Å². The van der Waals surface area contributed by atoms with Crippen molar-refractivity contribution in [2.75, 3.05) is 0 Å². The van der Waals surface area contributed by atoms with Crippen molar-refractivity contribution in [2.45, 2.75) is 6.42 Å². The van der Waals surface area contributed by atoms with Crippen molar-refractivity contribution in [3.63, 3.8) is 0 Å². The Morgan fingerprint density at radius 3 is 2.61 bits per heavy atom. The summed E-state index contributed by atoms with van der Waals surface area (Å²) in [4.78, 5) is 19.9. The maximum Gasteiger partial charge on any atom is 0.309 e. The normalized spacial score (nSPS) is 11.1. The van der Waals surface area contributed by atoms with Gasteiger partial charge in [-0.15, -0.1) is 0 Å². The zero-order chi connectivity index (χ0) is 15.8. The highest BCUT2D eigenvalue weighted by Gasteiger charge is 2.12. The molecule has 0 aliphatic rings. The van der Waals surface area contributed by atoms with Crippen molar-refractivity contribution in [1.29, 1.82) is 0 Å². The minimum absolute atomic E-state index is 0.107. The van der Waals surface area contributed by atoms with Crippen LogP contribution in [0.15, 0.2) is 60.9 Å². The van der Waals surface area contributed by atoms with E-state index in [1.54, 1.807) is 6.33 Å². The third-order valence-electron chi connectivity index (χ3n) is 3.79. The zero-order valence-electron chi connectivity index (χ0n) is 12.2. The number of aromatic nitrogens is 3. The Morgan fingerprint density at radius 2 is 1.78 bits per heavy atom. The van der Waals surface area contributed by atoms with Crippen LogP contribution in [-0.4, -0.2) is 25.6 Å². The highest BCUT2D eigenvalue weighted by atomic mass is 16.4. The van der Waals surface area contributed by atoms with E-state index in [9.17, 15) is 4.79 Å². The lowest BCUT2D eigenvalue weighted by Crippen LogP contribution is -2.05. The van der Waals surface area contributed by atoms with Gasteiger partial charge < -0.3 is 5.11 Å². The molecule has 0 saturated carbocycles. The molecular formula is C18H13N3O2. The van der Waals surface area contributed by atoms with E-state index in [-0.39, 0.29) is 6.42 Å². The molecule has 112 valence electrons. The van der Waals surface area contributed by atoms with Crippen LogP contribution in [0.25, 0.3) is 27.6 Å². The molecule has 2 heterocycles. The van der Waals surface area contributed by atoms with Gasteiger partial charge in [0.05, 0.1) is 34.4 Å². The van der Waals surface area contributed by atoms with Gasteiger partial charge in [-0.3, -0.25) is 14.3 Å². The number of nitrogens with zero attached hydrogens (tertiary/aromatic N) is 3. The minimum atomic E-state index is -0.894. The number of aliphatic carboxylic acids is 1. The number of hydrogen-bond acceptors (Lipinski definition) is 3. The Hall–Kier alpha value is -3.21. The number of pyridine rings is 1. The molecule has 0 saturated heterocycles. The molecule has 0 unspecified atom stereocenters. The Bertz CT molecular complexity index is 1040. The summed E-state index contributed by atoms with van der Waals surface area (Å²) in [6, 6.07) is 17.4. The molecule has 2 aromatic carbocycles. The lowest BCUT2D eigenvalue weighted by Gasteiger charge is -2.10. The summed E-state index contributed by atoms with van der Waals surface area (Å²) in [5.41, 5.74) is 4.07. The van der Waals surface area contributed by atoms with Gasteiger partial charge in [0.25, 0.3) is 0 Å². The molecule has 0 radical (unpaired) electrons. The van der Waals surface area contributed by atoms with Gasteiger partial charge in [-0.05, 0) is 24.3 Å². The molecule has 0 amide bonds. The molecule has 23 heavy (non-hydrogen) atoms. The lowest BCUT2D eigenvalue weighted by atomic mass is 10.1. The van der Waals surface area contributed by atoms with Crippen LogP contribution in [-0.2, 0) is 11.2 Å². The number of carbonyl (C=O) groups is 1. The quantitative estimate of drug-likeness (QED) is 0.631. The smallest absolute Gasteiger partial charge is 0.309 e. The van der Waals surface area contributed by atoms with Gasteiger partial charge in [-0.1, -0.05) is 30.3 Å². The van der Waals surface area contributed by atoms with Gasteiger partial charge in [-0.2, -0.15) is 0 Å². The van der Waals surface area contributed by atoms with E-state index in [2.05, 4.69) is 9.97 Å². The Balaban J connectivity index is 2.03. The van der Waals surface area contributed by atoms with Gasteiger partial charge in [0, 0.05) is 5.39 Å². The van der Waals surface area contributed by atoms with Crippen molar-refractivity contribution in [1.82, 2.24) is 14.5 Å². The summed E-state index contributed by atoms with van der Waals surface area (Å²) in [5.74, 6) is -0.894. The second kappa shape index (κ2) is 5.21. The van der Waals surface area contributed by atoms with E-state index < -0.39 is 5.97 Å². The number of hydrogen-bond donors (Lipinski definition) is 1. The number of benzene rings is 2. The number of carboxylic acid groups (broad SMARTS) is 1. The molecule has 0 atom stereocenters. The zero-order valence-corrected chi connectivity index (χ0v) is 12.2. The molecule has 4 aromatic rings. The summed E-state index contributed by atoms with van der Waals surface area (Å²) in [5, 5.41) is 10.0. The number of para-hydroxylation sites is 3. The van der Waals surface area contributed by atoms with Crippen LogP contribution in [0.3, 0.4) is 0 Å². The Labute approximate surface area is 131 Å². The van der Waals surface area contributed by atoms with Crippen LogP contribution in [0.1, 0.15) is 5.69 Å². The van der Waals surface area contributed by atoms with Crippen molar-refractivity contribution in [2.24, 2.45) is 0 Å². The average Bonchev–Trinajstić information content (AvgIpc) is 2.97. The van der Waals surface area contributed by atoms with E-state index in [4.69, 9.17) is 5.11 Å². The molecular weight excluding hydrogens is 290 g/mol. The van der Waals surface area contributed by atoms with Crippen molar-refractivity contribution in [3.05, 3.63) is 66.6 Å². The van der Waals surface area contributed by atoms with E-state index >= 15 is 0 Å². The maximum atomic E-state index is 11.1. The third kappa shape index (κ3) is 2.32. The number of imidazole rings is 1. The first kappa shape index (κ1) is 13.5. The molecule has 1 N–H and O–H groups in total. The molecule has 0 fully saturated rings. The van der Waals surface area contributed by atoms with Gasteiger partial charge >= 0.3 is 5.97 Å². The van der Waals surface area contributed by atoms with Crippen LogP contribution in [0, 0.1) is 0 Å². The average molecular weight is 303 g/mol. The molecule has 0 aliphatic carbocycles. The molecule has 4 rings (SSSR count). The van der Waals surface area contributed by atoms with Crippen molar-refractivity contribution < 1.29 is 9.90 Å². The first-order valence-corrected chi connectivity index (χ1v) is 7.25. The number of fused-ring (bicyclic) bond motifs is 2. The van der Waals surface area contributed by atoms with Crippen LogP contribution in [0.4, 0.5) is 0 Å². The standard InChI is InChI=1S/C18H13N3O2/c22-18(23)10-12-9-17(13-5-1-2-6-14(13)20-12)21-11-19-15-7-3-4-8-16(15)21/h1-9,11H,10H2,(H,22,23). The highest BCUT2D eigenvalue weighted by Crippen LogP contribution is 2.25. The molecule has 0 spiro atoms. The fourth-order valence-corrected chi connectivity index (χ4v) is 2.81. The summed E-state index contributed by atoms with van der Waals surface area (Å²) in [7, 11) is 0. The van der Waals surface area contributed by atoms with E-state index in [0.29, 0.717) is 5.69 Å². The van der Waals surface area contributed by atoms with E-state index in [1.165, 1.54) is 0 Å². The second-order valence-electron chi connectivity index (χ2n) is 5.32. The predicted octanol–water partition coefficient (Wildman–Crippen LogP) is 3.20. The Kier molecular flexibility index (Phi) is 3.05. The largest absolute Gasteiger partial charge is 0.481 e. The maximum absolute atomic E-state index is 11.1. The molecule has 5 nitrogen and oxygen atoms in total. The fraction of sp³-hybridized carbons (Fsp3) is 0.0556. The van der Waals surface area contributed by atoms with Gasteiger partial charge in [-0.25, -0.2) is 4.98 Å². The molecule has 5 heteroatoms. The summed E-state index contributed by atoms with van der Waals surface area (Å²) >= 11 is 0. The number of carboxylic acids is 1. The van der Waals surface area contributed by atoms with E-state index in [1.807, 2.05) is 59.2 Å². The van der Waals surface area contributed by atoms with Gasteiger partial charge in [0.1, 0.15) is 6.33 Å². The first-order valence-electron chi connectivity index (χ1n) is 7.25. The van der Waals surface area contributed by atoms with Crippen LogP contribution in [0.2, 0.25) is 0 Å². The topological polar surface area (TPSA) is 68.0 Å². The molecule has 2 aromatic heterocycles. The Morgan fingerprint density at radius 1 is 1.04 bits per heavy atom. The lowest BCUT2D eigenvalue weighted by molar-refractivity contribution is -0.136. The third-order valence-corrected chi connectivity index (χ3v) is 3.79. The predicted molar refractivity (Wildman–Crippen MR) is 87.7 cm³/mol. The minimum Gasteiger partial charge on any atom is -0.481 e. The van der Waals surface area contributed by atoms with Crippen LogP contribution in [0.5, 0.6) is 0 Å². The van der Waals surface area contributed by atoms with Crippen molar-refractivity contribution >= 4 is 27.9 Å². The summed E-state index contributed by atoms with van der Waals surface area (Å²) in [6.45, 7) is 0. The SMILES string of the molecule is O=C(O)Cc1cc(-n2cnc3ccccc32)c2ccccc2n1. The van der Waals surface area contributed by atoms with E-state index in [0.717, 1.165) is 27.6 Å². The summed E-state index contributed by atoms with van der Waals surface area (Å²) < 4.78 is 1.98. The van der Waals surface area contributed by atoms with Gasteiger partial charge in [0.2, 0.25) is 0 Å². The number of rotatable bonds is 3. The second-order valence-corrected chi connectivity index (χ2v) is 5.32. The molecule has 0 bridgehead atoms. The highest BCUT2D eigenvalue weighted by molar-refractivity contribution is 5.90.